The summed E-state index contributed by atoms with van der Waals surface area (Å²) in [5.74, 6) is 1.44. The second kappa shape index (κ2) is 8.20. The van der Waals surface area contributed by atoms with E-state index in [2.05, 4.69) is 66.7 Å². The fourth-order valence-corrected chi connectivity index (χ4v) is 5.28. The zero-order chi connectivity index (χ0) is 23.8. The standard InChI is InChI=1S/C32H21NO2/c33-21-22-7-1-6-12-31(22)35-26-19-15-24(16-20-26)32(23-13-17-25(34)18-14-23)29-10-4-2-8-27(29)28-9-3-5-11-30(28)32/h1-20,34H. The van der Waals surface area contributed by atoms with Crippen LogP contribution in [-0.2, 0) is 5.41 Å². The van der Waals surface area contributed by atoms with Crippen LogP contribution in [0.1, 0.15) is 27.8 Å². The molecule has 5 aromatic carbocycles. The Morgan fingerprint density at radius 3 is 1.71 bits per heavy atom. The fourth-order valence-electron chi connectivity index (χ4n) is 5.28. The number of ether oxygens (including phenoxy) is 1. The third kappa shape index (κ3) is 3.19. The summed E-state index contributed by atoms with van der Waals surface area (Å²) in [6.45, 7) is 0. The van der Waals surface area contributed by atoms with E-state index in [9.17, 15) is 10.4 Å². The van der Waals surface area contributed by atoms with Crippen molar-refractivity contribution in [3.63, 3.8) is 0 Å². The van der Waals surface area contributed by atoms with Gasteiger partial charge >= 0.3 is 0 Å². The van der Waals surface area contributed by atoms with Gasteiger partial charge in [-0.15, -0.1) is 0 Å². The van der Waals surface area contributed by atoms with Gasteiger partial charge in [0.05, 0.1) is 11.0 Å². The molecule has 1 N–H and O–H groups in total. The zero-order valence-corrected chi connectivity index (χ0v) is 18.8. The fraction of sp³-hybridized carbons (Fsp3) is 0.0312. The minimum absolute atomic E-state index is 0.239. The first-order valence-electron chi connectivity index (χ1n) is 11.5. The van der Waals surface area contributed by atoms with E-state index in [0.717, 1.165) is 11.1 Å². The Hall–Kier alpha value is -4.81. The highest BCUT2D eigenvalue weighted by molar-refractivity contribution is 5.86. The highest BCUT2D eigenvalue weighted by atomic mass is 16.5. The monoisotopic (exact) mass is 451 g/mol. The SMILES string of the molecule is N#Cc1ccccc1Oc1ccc(C2(c3ccc(O)cc3)c3ccccc3-c3ccccc32)cc1. The van der Waals surface area contributed by atoms with Crippen LogP contribution < -0.4 is 4.74 Å². The molecule has 0 aliphatic heterocycles. The van der Waals surface area contributed by atoms with Gasteiger partial charge in [0.2, 0.25) is 0 Å². The van der Waals surface area contributed by atoms with E-state index in [-0.39, 0.29) is 5.75 Å². The third-order valence-corrected chi connectivity index (χ3v) is 6.78. The number of nitriles is 1. The van der Waals surface area contributed by atoms with Crippen molar-refractivity contribution >= 4 is 0 Å². The Morgan fingerprint density at radius 1 is 0.600 bits per heavy atom. The summed E-state index contributed by atoms with van der Waals surface area (Å²) in [6.07, 6.45) is 0. The smallest absolute Gasteiger partial charge is 0.145 e. The summed E-state index contributed by atoms with van der Waals surface area (Å²) in [4.78, 5) is 0. The van der Waals surface area contributed by atoms with Crippen LogP contribution in [0.15, 0.2) is 121 Å². The van der Waals surface area contributed by atoms with Crippen LogP contribution in [0.5, 0.6) is 17.2 Å². The van der Waals surface area contributed by atoms with Gasteiger partial charge in [0.25, 0.3) is 0 Å². The van der Waals surface area contributed by atoms with Crippen LogP contribution in [0.25, 0.3) is 11.1 Å². The van der Waals surface area contributed by atoms with Crippen LogP contribution in [-0.4, -0.2) is 5.11 Å². The summed E-state index contributed by atoms with van der Waals surface area (Å²) >= 11 is 0. The van der Waals surface area contributed by atoms with E-state index < -0.39 is 5.41 Å². The van der Waals surface area contributed by atoms with Gasteiger partial charge in [0.15, 0.2) is 0 Å². The molecular weight excluding hydrogens is 430 g/mol. The van der Waals surface area contributed by atoms with E-state index in [0.29, 0.717) is 17.1 Å². The number of hydrogen-bond donors (Lipinski definition) is 1. The molecule has 0 amide bonds. The molecule has 0 aromatic heterocycles. The molecule has 166 valence electrons. The van der Waals surface area contributed by atoms with E-state index in [1.54, 1.807) is 24.3 Å². The molecule has 0 saturated heterocycles. The van der Waals surface area contributed by atoms with Crippen molar-refractivity contribution in [1.29, 1.82) is 5.26 Å². The van der Waals surface area contributed by atoms with Crippen molar-refractivity contribution < 1.29 is 9.84 Å². The summed E-state index contributed by atoms with van der Waals surface area (Å²) in [5.41, 5.74) is 6.96. The number of para-hydroxylation sites is 1. The van der Waals surface area contributed by atoms with Crippen LogP contribution in [0.2, 0.25) is 0 Å². The Kier molecular flexibility index (Phi) is 4.87. The maximum Gasteiger partial charge on any atom is 0.145 e. The van der Waals surface area contributed by atoms with Gasteiger partial charge in [-0.2, -0.15) is 5.26 Å². The highest BCUT2D eigenvalue weighted by Crippen LogP contribution is 2.56. The van der Waals surface area contributed by atoms with Crippen molar-refractivity contribution in [1.82, 2.24) is 0 Å². The molecule has 0 saturated carbocycles. The van der Waals surface area contributed by atoms with Gasteiger partial charge in [-0.1, -0.05) is 84.9 Å². The lowest BCUT2D eigenvalue weighted by Crippen LogP contribution is -2.28. The predicted molar refractivity (Wildman–Crippen MR) is 137 cm³/mol. The van der Waals surface area contributed by atoms with Crippen molar-refractivity contribution in [2.45, 2.75) is 5.41 Å². The van der Waals surface area contributed by atoms with Gasteiger partial charge in [-0.3, -0.25) is 0 Å². The van der Waals surface area contributed by atoms with Crippen LogP contribution >= 0.6 is 0 Å². The number of fused-ring (bicyclic) bond motifs is 3. The van der Waals surface area contributed by atoms with E-state index in [1.165, 1.54) is 22.3 Å². The number of phenols is 1. The van der Waals surface area contributed by atoms with Crippen LogP contribution in [0.4, 0.5) is 0 Å². The van der Waals surface area contributed by atoms with E-state index in [1.807, 2.05) is 36.4 Å². The lowest BCUT2D eigenvalue weighted by Gasteiger charge is -2.34. The predicted octanol–water partition coefficient (Wildman–Crippen LogP) is 7.42. The molecule has 35 heavy (non-hydrogen) atoms. The van der Waals surface area contributed by atoms with Crippen molar-refractivity contribution in [3.05, 3.63) is 149 Å². The summed E-state index contributed by atoms with van der Waals surface area (Å²) < 4.78 is 6.06. The first-order valence-corrected chi connectivity index (χ1v) is 11.5. The lowest BCUT2D eigenvalue weighted by molar-refractivity contribution is 0.475. The Labute approximate surface area is 204 Å². The van der Waals surface area contributed by atoms with Crippen molar-refractivity contribution in [3.8, 4) is 34.4 Å². The minimum Gasteiger partial charge on any atom is -0.508 e. The van der Waals surface area contributed by atoms with Crippen molar-refractivity contribution in [2.24, 2.45) is 0 Å². The maximum absolute atomic E-state index is 10.0. The summed E-state index contributed by atoms with van der Waals surface area (Å²) in [6, 6.07) is 42.0. The topological polar surface area (TPSA) is 53.2 Å². The molecule has 0 atom stereocenters. The summed E-state index contributed by atoms with van der Waals surface area (Å²) in [5, 5.41) is 19.4. The first-order chi connectivity index (χ1) is 17.2. The third-order valence-electron chi connectivity index (χ3n) is 6.78. The molecule has 0 fully saturated rings. The average molecular weight is 452 g/mol. The Morgan fingerprint density at radius 2 is 1.11 bits per heavy atom. The van der Waals surface area contributed by atoms with Gasteiger partial charge in [-0.05, 0) is 69.8 Å². The molecule has 0 heterocycles. The second-order valence-corrected chi connectivity index (χ2v) is 8.62. The van der Waals surface area contributed by atoms with Crippen LogP contribution in [0.3, 0.4) is 0 Å². The first kappa shape index (κ1) is 20.8. The molecule has 3 nitrogen and oxygen atoms in total. The quantitative estimate of drug-likeness (QED) is 0.303. The molecule has 5 aromatic rings. The molecule has 0 spiro atoms. The molecular formula is C32H21NO2. The van der Waals surface area contributed by atoms with Crippen molar-refractivity contribution in [2.75, 3.05) is 0 Å². The number of nitrogens with zero attached hydrogens (tertiary/aromatic N) is 1. The van der Waals surface area contributed by atoms with Gasteiger partial charge in [0, 0.05) is 0 Å². The molecule has 1 aliphatic carbocycles. The number of aromatic hydroxyl groups is 1. The zero-order valence-electron chi connectivity index (χ0n) is 18.8. The normalized spacial score (nSPS) is 12.9. The number of phenolic OH excluding ortho intramolecular Hbond substituents is 1. The Bertz CT molecular complexity index is 1530. The maximum atomic E-state index is 10.0. The molecule has 0 bridgehead atoms. The van der Waals surface area contributed by atoms with E-state index in [4.69, 9.17) is 4.74 Å². The highest BCUT2D eigenvalue weighted by Gasteiger charge is 2.45. The largest absolute Gasteiger partial charge is 0.508 e. The number of hydrogen-bond acceptors (Lipinski definition) is 3. The van der Waals surface area contributed by atoms with E-state index >= 15 is 0 Å². The molecule has 0 unspecified atom stereocenters. The number of rotatable bonds is 4. The van der Waals surface area contributed by atoms with Gasteiger partial charge in [0.1, 0.15) is 23.3 Å². The van der Waals surface area contributed by atoms with Gasteiger partial charge < -0.3 is 9.84 Å². The van der Waals surface area contributed by atoms with Crippen LogP contribution in [0, 0.1) is 11.3 Å². The number of benzene rings is 5. The molecule has 3 heteroatoms. The molecule has 6 rings (SSSR count). The average Bonchev–Trinajstić information content (AvgIpc) is 3.21. The molecule has 1 aliphatic rings. The summed E-state index contributed by atoms with van der Waals surface area (Å²) in [7, 11) is 0. The second-order valence-electron chi connectivity index (χ2n) is 8.62. The lowest BCUT2D eigenvalue weighted by atomic mass is 9.68. The Balaban J connectivity index is 1.55. The molecule has 0 radical (unpaired) electrons. The van der Waals surface area contributed by atoms with Gasteiger partial charge in [-0.25, -0.2) is 0 Å². The minimum atomic E-state index is -0.538.